The van der Waals surface area contributed by atoms with E-state index < -0.39 is 11.9 Å². The molecule has 1 aliphatic carbocycles. The topological polar surface area (TPSA) is 96.0 Å². The van der Waals surface area contributed by atoms with Crippen LogP contribution in [0.2, 0.25) is 0 Å². The highest BCUT2D eigenvalue weighted by atomic mass is 16.2. The highest BCUT2D eigenvalue weighted by Gasteiger charge is 2.22. The molecule has 0 aliphatic heterocycles. The summed E-state index contributed by atoms with van der Waals surface area (Å²) in [6, 6.07) is 8.30. The quantitative estimate of drug-likeness (QED) is 0.836. The molecule has 3 N–H and O–H groups in total. The molecule has 1 atom stereocenters. The van der Waals surface area contributed by atoms with E-state index in [-0.39, 0.29) is 5.91 Å². The molecule has 0 spiro atoms. The molecule has 1 aromatic carbocycles. The van der Waals surface area contributed by atoms with Gasteiger partial charge < -0.3 is 11.1 Å². The van der Waals surface area contributed by atoms with Crippen LogP contribution in [0.4, 0.5) is 0 Å². The van der Waals surface area contributed by atoms with E-state index in [9.17, 15) is 9.59 Å². The molecule has 1 aliphatic rings. The van der Waals surface area contributed by atoms with Crippen molar-refractivity contribution < 1.29 is 9.59 Å². The Morgan fingerprint density at radius 1 is 1.36 bits per heavy atom. The highest BCUT2D eigenvalue weighted by molar-refractivity contribution is 5.86. The molecule has 1 aromatic rings. The average Bonchev–Trinajstić information content (AvgIpc) is 2.99. The van der Waals surface area contributed by atoms with Crippen molar-refractivity contribution in [2.45, 2.75) is 44.6 Å². The third-order valence-electron chi connectivity index (χ3n) is 4.12. The maximum Gasteiger partial charge on any atom is 0.240 e. The fraction of sp³-hybridized carbons (Fsp3) is 0.471. The van der Waals surface area contributed by atoms with Gasteiger partial charge in [-0.15, -0.1) is 0 Å². The summed E-state index contributed by atoms with van der Waals surface area (Å²) in [7, 11) is 0. The highest BCUT2D eigenvalue weighted by Crippen LogP contribution is 2.27. The number of benzene rings is 1. The maximum atomic E-state index is 12.1. The molecule has 2 amide bonds. The molecule has 1 fully saturated rings. The lowest BCUT2D eigenvalue weighted by Crippen LogP contribution is -2.46. The predicted octanol–water partition coefficient (Wildman–Crippen LogP) is 1.65. The largest absolute Gasteiger partial charge is 0.368 e. The lowest BCUT2D eigenvalue weighted by Gasteiger charge is -2.17. The number of nitrogens with one attached hydrogen (secondary N) is 1. The number of carbonyl (C=O) groups excluding carboxylic acids is 2. The number of nitriles is 1. The number of amides is 2. The average molecular weight is 299 g/mol. The number of nitrogens with two attached hydrogens (primary N) is 1. The lowest BCUT2D eigenvalue weighted by molar-refractivity contribution is -0.127. The van der Waals surface area contributed by atoms with Crippen molar-refractivity contribution in [3.05, 3.63) is 35.4 Å². The van der Waals surface area contributed by atoms with Crippen LogP contribution in [0.25, 0.3) is 0 Å². The van der Waals surface area contributed by atoms with Gasteiger partial charge in [0.1, 0.15) is 6.04 Å². The SMILES string of the molecule is N#Cc1cccc(C[C@@H](NC(=O)CC2CCCC2)C(N)=O)c1. The van der Waals surface area contributed by atoms with E-state index in [2.05, 4.69) is 11.4 Å². The Labute approximate surface area is 130 Å². The van der Waals surface area contributed by atoms with Crippen molar-refractivity contribution >= 4 is 11.8 Å². The van der Waals surface area contributed by atoms with Gasteiger partial charge in [-0.1, -0.05) is 25.0 Å². The fourth-order valence-electron chi connectivity index (χ4n) is 2.96. The number of rotatable bonds is 6. The van der Waals surface area contributed by atoms with E-state index in [0.717, 1.165) is 18.4 Å². The van der Waals surface area contributed by atoms with Crippen molar-refractivity contribution in [3.8, 4) is 6.07 Å². The summed E-state index contributed by atoms with van der Waals surface area (Å²) in [6.07, 6.45) is 5.29. The third kappa shape index (κ3) is 4.59. The first kappa shape index (κ1) is 16.0. The Morgan fingerprint density at radius 3 is 2.73 bits per heavy atom. The van der Waals surface area contributed by atoms with Crippen LogP contribution in [0.1, 0.15) is 43.2 Å². The van der Waals surface area contributed by atoms with Gasteiger partial charge in [-0.25, -0.2) is 0 Å². The molecular weight excluding hydrogens is 278 g/mol. The first-order chi connectivity index (χ1) is 10.6. The minimum Gasteiger partial charge on any atom is -0.368 e. The second kappa shape index (κ2) is 7.60. The molecule has 0 unspecified atom stereocenters. The van der Waals surface area contributed by atoms with Gasteiger partial charge in [0.25, 0.3) is 0 Å². The van der Waals surface area contributed by atoms with Crippen LogP contribution < -0.4 is 11.1 Å². The van der Waals surface area contributed by atoms with Gasteiger partial charge in [-0.3, -0.25) is 9.59 Å². The molecule has 1 saturated carbocycles. The number of carbonyl (C=O) groups is 2. The molecule has 116 valence electrons. The van der Waals surface area contributed by atoms with Crippen molar-refractivity contribution in [3.63, 3.8) is 0 Å². The normalized spacial score (nSPS) is 16.0. The predicted molar refractivity (Wildman–Crippen MR) is 82.6 cm³/mol. The zero-order chi connectivity index (χ0) is 15.9. The van der Waals surface area contributed by atoms with E-state index in [0.29, 0.717) is 24.3 Å². The Bertz CT molecular complexity index is 586. The number of hydrogen-bond acceptors (Lipinski definition) is 3. The minimum atomic E-state index is -0.733. The molecule has 5 heteroatoms. The van der Waals surface area contributed by atoms with Crippen molar-refractivity contribution in [1.29, 1.82) is 5.26 Å². The molecule has 0 saturated heterocycles. The Kier molecular flexibility index (Phi) is 5.54. The first-order valence-electron chi connectivity index (χ1n) is 7.66. The summed E-state index contributed by atoms with van der Waals surface area (Å²) in [4.78, 5) is 23.6. The zero-order valence-corrected chi connectivity index (χ0v) is 12.5. The monoisotopic (exact) mass is 299 g/mol. The minimum absolute atomic E-state index is 0.118. The van der Waals surface area contributed by atoms with Crippen LogP contribution in [0.3, 0.4) is 0 Å². The van der Waals surface area contributed by atoms with E-state index in [1.54, 1.807) is 18.2 Å². The second-order valence-electron chi connectivity index (χ2n) is 5.89. The first-order valence-corrected chi connectivity index (χ1v) is 7.66. The summed E-state index contributed by atoms with van der Waals surface area (Å²) in [5.41, 5.74) is 6.73. The summed E-state index contributed by atoms with van der Waals surface area (Å²) in [6.45, 7) is 0. The van der Waals surface area contributed by atoms with Gasteiger partial charge in [-0.2, -0.15) is 5.26 Å². The molecule has 2 rings (SSSR count). The van der Waals surface area contributed by atoms with E-state index in [1.807, 2.05) is 6.07 Å². The summed E-state index contributed by atoms with van der Waals surface area (Å²) >= 11 is 0. The van der Waals surface area contributed by atoms with Gasteiger partial charge in [0, 0.05) is 12.8 Å². The Hall–Kier alpha value is -2.35. The van der Waals surface area contributed by atoms with Crippen LogP contribution in [-0.2, 0) is 16.0 Å². The van der Waals surface area contributed by atoms with Gasteiger partial charge in [-0.05, 0) is 36.5 Å². The lowest BCUT2D eigenvalue weighted by atomic mass is 10.0. The third-order valence-corrected chi connectivity index (χ3v) is 4.12. The van der Waals surface area contributed by atoms with Crippen molar-refractivity contribution in [1.82, 2.24) is 5.32 Å². The maximum absolute atomic E-state index is 12.1. The summed E-state index contributed by atoms with van der Waals surface area (Å²) in [5, 5.41) is 11.6. The number of hydrogen-bond donors (Lipinski definition) is 2. The standard InChI is InChI=1S/C17H21N3O2/c18-11-14-7-3-6-13(8-14)9-15(17(19)22)20-16(21)10-12-4-1-2-5-12/h3,6-8,12,15H,1-2,4-5,9-10H2,(H2,19,22)(H,20,21)/t15-/m1/s1. The number of primary amides is 1. The molecule has 0 radical (unpaired) electrons. The van der Waals surface area contributed by atoms with Crippen molar-refractivity contribution in [2.75, 3.05) is 0 Å². The molecule has 0 bridgehead atoms. The van der Waals surface area contributed by atoms with Gasteiger partial charge >= 0.3 is 0 Å². The Morgan fingerprint density at radius 2 is 2.09 bits per heavy atom. The van der Waals surface area contributed by atoms with E-state index in [1.165, 1.54) is 12.8 Å². The molecular formula is C17H21N3O2. The fourth-order valence-corrected chi connectivity index (χ4v) is 2.96. The van der Waals surface area contributed by atoms with Crippen LogP contribution in [0.5, 0.6) is 0 Å². The van der Waals surface area contributed by atoms with Crippen LogP contribution in [0.15, 0.2) is 24.3 Å². The zero-order valence-electron chi connectivity index (χ0n) is 12.5. The van der Waals surface area contributed by atoms with Gasteiger partial charge in [0.15, 0.2) is 0 Å². The molecule has 0 aromatic heterocycles. The molecule has 5 nitrogen and oxygen atoms in total. The second-order valence-corrected chi connectivity index (χ2v) is 5.89. The summed E-state index contributed by atoms with van der Waals surface area (Å²) < 4.78 is 0. The van der Waals surface area contributed by atoms with Crippen LogP contribution in [-0.4, -0.2) is 17.9 Å². The van der Waals surface area contributed by atoms with E-state index in [4.69, 9.17) is 11.0 Å². The van der Waals surface area contributed by atoms with Crippen LogP contribution in [0, 0.1) is 17.2 Å². The van der Waals surface area contributed by atoms with E-state index >= 15 is 0 Å². The molecule has 22 heavy (non-hydrogen) atoms. The van der Waals surface area contributed by atoms with Gasteiger partial charge in [0.2, 0.25) is 11.8 Å². The summed E-state index contributed by atoms with van der Waals surface area (Å²) in [5.74, 6) is -0.246. The van der Waals surface area contributed by atoms with Crippen molar-refractivity contribution in [2.24, 2.45) is 11.7 Å². The number of nitrogens with zero attached hydrogens (tertiary/aromatic N) is 1. The van der Waals surface area contributed by atoms with Crippen LogP contribution >= 0.6 is 0 Å². The Balaban J connectivity index is 1.95. The van der Waals surface area contributed by atoms with Gasteiger partial charge in [0.05, 0.1) is 11.6 Å². The molecule has 0 heterocycles. The smallest absolute Gasteiger partial charge is 0.240 e.